The molecule has 22 heavy (non-hydrogen) atoms. The maximum Gasteiger partial charge on any atom is 0.408 e. The van der Waals surface area contributed by atoms with Gasteiger partial charge < -0.3 is 14.8 Å². The average molecular weight is 313 g/mol. The summed E-state index contributed by atoms with van der Waals surface area (Å²) in [5, 5.41) is 6.15. The van der Waals surface area contributed by atoms with Crippen LogP contribution in [0, 0.1) is 5.92 Å². The summed E-state index contributed by atoms with van der Waals surface area (Å²) in [7, 11) is 1.24. The molecule has 2 amide bonds. The van der Waals surface area contributed by atoms with Gasteiger partial charge in [0.15, 0.2) is 0 Å². The van der Waals surface area contributed by atoms with E-state index >= 15 is 0 Å². The molecule has 1 aliphatic heterocycles. The summed E-state index contributed by atoms with van der Waals surface area (Å²) in [4.78, 5) is 35.1. The molecule has 124 valence electrons. The molecular weight excluding hydrogens is 290 g/mol. The fraction of sp³-hybridized carbons (Fsp3) is 0.714. The van der Waals surface area contributed by atoms with E-state index in [4.69, 9.17) is 4.74 Å². The zero-order chi connectivity index (χ0) is 16.8. The molecule has 0 saturated carbocycles. The number of esters is 1. The monoisotopic (exact) mass is 313 g/mol. The van der Waals surface area contributed by atoms with Crippen LogP contribution < -0.4 is 10.7 Å². The van der Waals surface area contributed by atoms with Crippen LogP contribution >= 0.6 is 0 Å². The molecule has 2 N–H and O–H groups in total. The molecule has 0 aromatic carbocycles. The van der Waals surface area contributed by atoms with Crippen LogP contribution in [0.15, 0.2) is 5.10 Å². The van der Waals surface area contributed by atoms with Gasteiger partial charge in [-0.25, -0.2) is 15.0 Å². The van der Waals surface area contributed by atoms with Gasteiger partial charge in [0.1, 0.15) is 11.6 Å². The van der Waals surface area contributed by atoms with Gasteiger partial charge in [-0.2, -0.15) is 5.10 Å². The lowest BCUT2D eigenvalue weighted by atomic mass is 9.96. The molecule has 0 saturated heterocycles. The number of carbonyl (C=O) groups excluding carboxylic acids is 3. The molecule has 1 rings (SSSR count). The predicted molar refractivity (Wildman–Crippen MR) is 79.1 cm³/mol. The first kappa shape index (κ1) is 17.9. The zero-order valence-electron chi connectivity index (χ0n) is 13.3. The highest BCUT2D eigenvalue weighted by atomic mass is 16.6. The Balaban J connectivity index is 2.57. The second-order valence-electron chi connectivity index (χ2n) is 6.02. The van der Waals surface area contributed by atoms with Crippen LogP contribution in [0.25, 0.3) is 0 Å². The number of nitrogens with zero attached hydrogens (tertiary/aromatic N) is 1. The van der Waals surface area contributed by atoms with Crippen molar-refractivity contribution in [1.29, 1.82) is 0 Å². The first-order valence-electron chi connectivity index (χ1n) is 7.11. The van der Waals surface area contributed by atoms with Crippen LogP contribution in [0.1, 0.15) is 40.0 Å². The van der Waals surface area contributed by atoms with Crippen LogP contribution in [0.5, 0.6) is 0 Å². The average Bonchev–Trinajstić information content (AvgIpc) is 2.42. The van der Waals surface area contributed by atoms with E-state index in [1.165, 1.54) is 7.11 Å². The highest BCUT2D eigenvalue weighted by molar-refractivity contribution is 5.85. The number of hydrazone groups is 1. The first-order chi connectivity index (χ1) is 10.2. The quantitative estimate of drug-likeness (QED) is 0.735. The van der Waals surface area contributed by atoms with Gasteiger partial charge in [0.25, 0.3) is 0 Å². The molecule has 1 aliphatic rings. The molecule has 0 aromatic rings. The molecular formula is C14H23N3O5. The van der Waals surface area contributed by atoms with Crippen molar-refractivity contribution in [3.05, 3.63) is 0 Å². The highest BCUT2D eigenvalue weighted by Crippen LogP contribution is 2.15. The molecule has 8 heteroatoms. The maximum atomic E-state index is 11.8. The van der Waals surface area contributed by atoms with E-state index < -0.39 is 23.7 Å². The van der Waals surface area contributed by atoms with Crippen LogP contribution in [0.2, 0.25) is 0 Å². The number of hydrogen-bond acceptors (Lipinski definition) is 6. The number of hydrogen-bond donors (Lipinski definition) is 2. The van der Waals surface area contributed by atoms with Crippen molar-refractivity contribution in [2.24, 2.45) is 11.0 Å². The lowest BCUT2D eigenvalue weighted by molar-refractivity contribution is -0.143. The summed E-state index contributed by atoms with van der Waals surface area (Å²) >= 11 is 0. The Morgan fingerprint density at radius 2 is 2.18 bits per heavy atom. The van der Waals surface area contributed by atoms with Crippen LogP contribution in [-0.4, -0.2) is 42.9 Å². The molecule has 0 aliphatic carbocycles. The lowest BCUT2D eigenvalue weighted by Crippen LogP contribution is -2.44. The first-order valence-corrected chi connectivity index (χ1v) is 7.11. The Hall–Kier alpha value is -2.12. The Morgan fingerprint density at radius 1 is 1.50 bits per heavy atom. The fourth-order valence-corrected chi connectivity index (χ4v) is 1.95. The van der Waals surface area contributed by atoms with Crippen molar-refractivity contribution >= 4 is 24.2 Å². The van der Waals surface area contributed by atoms with Crippen molar-refractivity contribution in [3.8, 4) is 0 Å². The minimum atomic E-state index is -0.855. The second kappa shape index (κ2) is 7.77. The van der Waals surface area contributed by atoms with E-state index in [2.05, 4.69) is 20.6 Å². The Morgan fingerprint density at radius 3 is 2.73 bits per heavy atom. The van der Waals surface area contributed by atoms with Gasteiger partial charge >= 0.3 is 12.1 Å². The topological polar surface area (TPSA) is 106 Å². The molecule has 1 heterocycles. The van der Waals surface area contributed by atoms with E-state index in [1.807, 2.05) is 0 Å². The minimum Gasteiger partial charge on any atom is -0.467 e. The molecule has 8 nitrogen and oxygen atoms in total. The maximum absolute atomic E-state index is 11.8. The van der Waals surface area contributed by atoms with Crippen molar-refractivity contribution in [2.45, 2.75) is 51.7 Å². The van der Waals surface area contributed by atoms with E-state index in [0.717, 1.165) is 0 Å². The molecule has 2 unspecified atom stereocenters. The summed E-state index contributed by atoms with van der Waals surface area (Å²) in [5.74, 6) is -1.04. The Kier molecular flexibility index (Phi) is 6.33. The van der Waals surface area contributed by atoms with Gasteiger partial charge in [-0.1, -0.05) is 0 Å². The number of methoxy groups -OCH3 is 1. The Labute approximate surface area is 129 Å². The fourth-order valence-electron chi connectivity index (χ4n) is 1.95. The lowest BCUT2D eigenvalue weighted by Gasteiger charge is -2.23. The molecule has 0 spiro atoms. The van der Waals surface area contributed by atoms with E-state index in [1.54, 1.807) is 27.0 Å². The summed E-state index contributed by atoms with van der Waals surface area (Å²) < 4.78 is 9.79. The second-order valence-corrected chi connectivity index (χ2v) is 6.02. The van der Waals surface area contributed by atoms with E-state index in [0.29, 0.717) is 12.8 Å². The van der Waals surface area contributed by atoms with Crippen molar-refractivity contribution < 1.29 is 23.9 Å². The third-order valence-corrected chi connectivity index (χ3v) is 3.01. The van der Waals surface area contributed by atoms with E-state index in [9.17, 15) is 14.4 Å². The van der Waals surface area contributed by atoms with Crippen LogP contribution in [-0.2, 0) is 19.1 Å². The minimum absolute atomic E-state index is 0.191. The van der Waals surface area contributed by atoms with Crippen molar-refractivity contribution in [3.63, 3.8) is 0 Å². The SMILES string of the molecule is COC(=O)C(CCC1CC=NNC1=O)NC(=O)OC(C)(C)C. The number of rotatable bonds is 5. The summed E-state index contributed by atoms with van der Waals surface area (Å²) in [6.07, 6.45) is 2.12. The number of amides is 2. The number of carbonyl (C=O) groups is 3. The van der Waals surface area contributed by atoms with Gasteiger partial charge in [-0.05, 0) is 40.0 Å². The predicted octanol–water partition coefficient (Wildman–Crippen LogP) is 0.955. The van der Waals surface area contributed by atoms with Gasteiger partial charge in [-0.3, -0.25) is 4.79 Å². The molecule has 2 atom stereocenters. The number of alkyl carbamates (subject to hydrolysis) is 1. The van der Waals surface area contributed by atoms with Gasteiger partial charge in [-0.15, -0.1) is 0 Å². The number of ether oxygens (including phenoxy) is 2. The van der Waals surface area contributed by atoms with Crippen molar-refractivity contribution in [2.75, 3.05) is 7.11 Å². The van der Waals surface area contributed by atoms with Gasteiger partial charge in [0.2, 0.25) is 5.91 Å². The summed E-state index contributed by atoms with van der Waals surface area (Å²) in [5.41, 5.74) is 1.71. The van der Waals surface area contributed by atoms with Crippen LogP contribution in [0.4, 0.5) is 4.79 Å². The third kappa shape index (κ3) is 6.11. The zero-order valence-corrected chi connectivity index (χ0v) is 13.3. The third-order valence-electron chi connectivity index (χ3n) is 3.01. The summed E-state index contributed by atoms with van der Waals surface area (Å²) in [6.45, 7) is 5.18. The van der Waals surface area contributed by atoms with Crippen molar-refractivity contribution in [1.82, 2.24) is 10.7 Å². The molecule has 0 bridgehead atoms. The standard InChI is InChI=1S/C14H23N3O5/c1-14(2,3)22-13(20)16-10(12(19)21-4)6-5-9-7-8-15-17-11(9)18/h8-10H,5-7H2,1-4H3,(H,16,20)(H,17,18). The van der Waals surface area contributed by atoms with Crippen LogP contribution in [0.3, 0.4) is 0 Å². The Bertz CT molecular complexity index is 456. The molecule has 0 aromatic heterocycles. The molecule has 0 fully saturated rings. The molecule has 0 radical (unpaired) electrons. The summed E-state index contributed by atoms with van der Waals surface area (Å²) in [6, 6.07) is -0.855. The normalized spacial score (nSPS) is 19.1. The largest absolute Gasteiger partial charge is 0.467 e. The number of nitrogens with one attached hydrogen (secondary N) is 2. The smallest absolute Gasteiger partial charge is 0.408 e. The van der Waals surface area contributed by atoms with Gasteiger partial charge in [0, 0.05) is 12.1 Å². The van der Waals surface area contributed by atoms with Gasteiger partial charge in [0.05, 0.1) is 7.11 Å². The van der Waals surface area contributed by atoms with E-state index in [-0.39, 0.29) is 18.2 Å². The highest BCUT2D eigenvalue weighted by Gasteiger charge is 2.28.